The third-order valence-corrected chi connectivity index (χ3v) is 6.96. The summed E-state index contributed by atoms with van der Waals surface area (Å²) in [5.41, 5.74) is 5.42. The number of para-hydroxylation sites is 1. The number of benzene rings is 2. The van der Waals surface area contributed by atoms with Gasteiger partial charge in [-0.25, -0.2) is 4.39 Å². The normalized spacial score (nSPS) is 24.5. The molecule has 2 aromatic carbocycles. The molecule has 3 atom stereocenters. The first-order chi connectivity index (χ1) is 16.0. The summed E-state index contributed by atoms with van der Waals surface area (Å²) in [6, 6.07) is 15.1. The minimum absolute atomic E-state index is 0.0233. The number of hydrogen-bond acceptors (Lipinski definition) is 4. The van der Waals surface area contributed by atoms with E-state index in [-0.39, 0.29) is 23.4 Å². The average Bonchev–Trinajstić information content (AvgIpc) is 3.58. The summed E-state index contributed by atoms with van der Waals surface area (Å²) in [5.74, 6) is 0.720. The SMILES string of the molecule is CCn1cc(C2NC(C)(C3=NC(c4ccc(F)cc4)CN3)Cc3c2[nH]c2ccccc32)cn1. The molecule has 168 valence electrons. The van der Waals surface area contributed by atoms with E-state index in [1.165, 1.54) is 28.8 Å². The standard InChI is InChI=1S/C26H27FN6/c1-3-33-15-17(13-29-33)23-24-20(19-6-4-5-7-21(19)30-24)12-26(2,32-23)25-28-14-22(31-25)16-8-10-18(27)11-9-16/h4-11,13,15,22-23,30,32H,3,12,14H2,1-2H3,(H,28,31). The second-order valence-electron chi connectivity index (χ2n) is 9.20. The molecular weight excluding hydrogens is 415 g/mol. The second-order valence-corrected chi connectivity index (χ2v) is 9.20. The highest BCUT2D eigenvalue weighted by Crippen LogP contribution is 2.39. The molecule has 2 aliphatic rings. The van der Waals surface area contributed by atoms with Crippen molar-refractivity contribution in [3.63, 3.8) is 0 Å². The molecule has 4 heterocycles. The molecule has 2 aliphatic heterocycles. The first-order valence-corrected chi connectivity index (χ1v) is 11.5. The zero-order chi connectivity index (χ0) is 22.6. The van der Waals surface area contributed by atoms with Crippen LogP contribution in [0.3, 0.4) is 0 Å². The van der Waals surface area contributed by atoms with Gasteiger partial charge in [0.25, 0.3) is 0 Å². The van der Waals surface area contributed by atoms with Crippen LogP contribution in [0.1, 0.15) is 48.3 Å². The fourth-order valence-corrected chi connectivity index (χ4v) is 5.21. The molecule has 33 heavy (non-hydrogen) atoms. The van der Waals surface area contributed by atoms with Crippen LogP contribution in [0.5, 0.6) is 0 Å². The number of aromatic nitrogens is 3. The number of aliphatic imine (C=N–C) groups is 1. The van der Waals surface area contributed by atoms with Crippen molar-refractivity contribution >= 4 is 16.7 Å². The molecule has 0 bridgehead atoms. The quantitative estimate of drug-likeness (QED) is 0.442. The highest BCUT2D eigenvalue weighted by Gasteiger charge is 2.43. The van der Waals surface area contributed by atoms with Gasteiger partial charge in [0.15, 0.2) is 0 Å². The molecule has 0 amide bonds. The van der Waals surface area contributed by atoms with Crippen molar-refractivity contribution in [2.24, 2.45) is 4.99 Å². The Balaban J connectivity index is 1.42. The topological polar surface area (TPSA) is 70.0 Å². The summed E-state index contributed by atoms with van der Waals surface area (Å²) >= 11 is 0. The Morgan fingerprint density at radius 1 is 1.12 bits per heavy atom. The summed E-state index contributed by atoms with van der Waals surface area (Å²) in [4.78, 5) is 8.72. The van der Waals surface area contributed by atoms with Crippen LogP contribution in [0.15, 0.2) is 65.9 Å². The molecule has 3 unspecified atom stereocenters. The smallest absolute Gasteiger partial charge is 0.123 e. The van der Waals surface area contributed by atoms with Crippen LogP contribution in [0.4, 0.5) is 4.39 Å². The van der Waals surface area contributed by atoms with Crippen LogP contribution in [0, 0.1) is 5.82 Å². The van der Waals surface area contributed by atoms with Crippen molar-refractivity contribution in [1.82, 2.24) is 25.4 Å². The summed E-state index contributed by atoms with van der Waals surface area (Å²) in [6.45, 7) is 5.85. The van der Waals surface area contributed by atoms with Gasteiger partial charge in [-0.2, -0.15) is 5.10 Å². The number of aryl methyl sites for hydroxylation is 1. The number of amidine groups is 1. The minimum atomic E-state index is -0.383. The largest absolute Gasteiger partial charge is 0.370 e. The fraction of sp³-hybridized carbons (Fsp3) is 0.308. The van der Waals surface area contributed by atoms with Gasteiger partial charge in [-0.15, -0.1) is 0 Å². The molecule has 0 saturated carbocycles. The Hall–Kier alpha value is -3.45. The van der Waals surface area contributed by atoms with Crippen molar-refractivity contribution < 1.29 is 4.39 Å². The van der Waals surface area contributed by atoms with E-state index in [9.17, 15) is 4.39 Å². The Morgan fingerprint density at radius 3 is 2.73 bits per heavy atom. The zero-order valence-electron chi connectivity index (χ0n) is 18.8. The fourth-order valence-electron chi connectivity index (χ4n) is 5.21. The maximum Gasteiger partial charge on any atom is 0.123 e. The number of fused-ring (bicyclic) bond motifs is 3. The number of nitrogens with one attached hydrogen (secondary N) is 3. The lowest BCUT2D eigenvalue weighted by atomic mass is 9.82. The van der Waals surface area contributed by atoms with E-state index in [4.69, 9.17) is 4.99 Å². The summed E-state index contributed by atoms with van der Waals surface area (Å²) in [7, 11) is 0. The molecular formula is C26H27FN6. The van der Waals surface area contributed by atoms with Crippen molar-refractivity contribution in [2.75, 3.05) is 6.54 Å². The molecule has 0 fully saturated rings. The van der Waals surface area contributed by atoms with Gasteiger partial charge >= 0.3 is 0 Å². The molecule has 6 rings (SSSR count). The molecule has 0 saturated heterocycles. The number of halogens is 1. The predicted molar refractivity (Wildman–Crippen MR) is 128 cm³/mol. The van der Waals surface area contributed by atoms with Gasteiger partial charge < -0.3 is 10.3 Å². The number of H-pyrrole nitrogens is 1. The lowest BCUT2D eigenvalue weighted by Gasteiger charge is -2.39. The molecule has 0 spiro atoms. The van der Waals surface area contributed by atoms with Crippen molar-refractivity contribution in [3.05, 3.63) is 89.1 Å². The van der Waals surface area contributed by atoms with Gasteiger partial charge in [0, 0.05) is 41.4 Å². The van der Waals surface area contributed by atoms with E-state index in [1.807, 2.05) is 23.0 Å². The maximum absolute atomic E-state index is 13.4. The van der Waals surface area contributed by atoms with Crippen LogP contribution in [-0.2, 0) is 13.0 Å². The third-order valence-electron chi connectivity index (χ3n) is 6.96. The van der Waals surface area contributed by atoms with E-state index < -0.39 is 0 Å². The van der Waals surface area contributed by atoms with Crippen LogP contribution in [0.25, 0.3) is 10.9 Å². The lowest BCUT2D eigenvalue weighted by molar-refractivity contribution is 0.388. The second kappa shape index (κ2) is 7.56. The predicted octanol–water partition coefficient (Wildman–Crippen LogP) is 4.26. The summed E-state index contributed by atoms with van der Waals surface area (Å²) in [6.07, 6.45) is 4.88. The lowest BCUT2D eigenvalue weighted by Crippen LogP contribution is -2.58. The number of rotatable bonds is 4. The van der Waals surface area contributed by atoms with E-state index >= 15 is 0 Å². The van der Waals surface area contributed by atoms with Crippen molar-refractivity contribution in [3.8, 4) is 0 Å². The van der Waals surface area contributed by atoms with Gasteiger partial charge in [-0.05, 0) is 49.6 Å². The van der Waals surface area contributed by atoms with E-state index in [1.54, 1.807) is 0 Å². The highest BCUT2D eigenvalue weighted by molar-refractivity contribution is 5.95. The number of nitrogens with zero attached hydrogens (tertiary/aromatic N) is 3. The zero-order valence-corrected chi connectivity index (χ0v) is 18.8. The van der Waals surface area contributed by atoms with Gasteiger partial charge in [-0.1, -0.05) is 30.3 Å². The highest BCUT2D eigenvalue weighted by atomic mass is 19.1. The molecule has 0 radical (unpaired) electrons. The summed E-state index contributed by atoms with van der Waals surface area (Å²) < 4.78 is 15.4. The van der Waals surface area contributed by atoms with Crippen LogP contribution in [0.2, 0.25) is 0 Å². The summed E-state index contributed by atoms with van der Waals surface area (Å²) in [5, 5.41) is 13.2. The molecule has 2 aromatic heterocycles. The average molecular weight is 443 g/mol. The van der Waals surface area contributed by atoms with Crippen LogP contribution in [-0.4, -0.2) is 32.7 Å². The Morgan fingerprint density at radius 2 is 1.94 bits per heavy atom. The molecule has 7 heteroatoms. The Labute approximate surface area is 191 Å². The number of hydrogen-bond donors (Lipinski definition) is 3. The Kier molecular flexibility index (Phi) is 4.62. The monoisotopic (exact) mass is 442 g/mol. The van der Waals surface area contributed by atoms with Gasteiger partial charge in [0.2, 0.25) is 0 Å². The van der Waals surface area contributed by atoms with Crippen molar-refractivity contribution in [2.45, 2.75) is 44.4 Å². The number of aromatic amines is 1. The molecule has 3 N–H and O–H groups in total. The third kappa shape index (κ3) is 3.35. The minimum Gasteiger partial charge on any atom is -0.370 e. The van der Waals surface area contributed by atoms with Crippen LogP contribution < -0.4 is 10.6 Å². The van der Waals surface area contributed by atoms with Crippen LogP contribution >= 0.6 is 0 Å². The van der Waals surface area contributed by atoms with E-state index in [0.717, 1.165) is 35.4 Å². The van der Waals surface area contributed by atoms with Gasteiger partial charge in [0.05, 0.1) is 23.8 Å². The first-order valence-electron chi connectivity index (χ1n) is 11.5. The first kappa shape index (κ1) is 20.2. The van der Waals surface area contributed by atoms with Crippen molar-refractivity contribution in [1.29, 1.82) is 0 Å². The molecule has 4 aromatic rings. The molecule has 0 aliphatic carbocycles. The Bertz CT molecular complexity index is 1350. The maximum atomic E-state index is 13.4. The van der Waals surface area contributed by atoms with E-state index in [2.05, 4.69) is 65.0 Å². The van der Waals surface area contributed by atoms with Gasteiger partial charge in [-0.3, -0.25) is 15.0 Å². The van der Waals surface area contributed by atoms with E-state index in [0.29, 0.717) is 6.54 Å². The van der Waals surface area contributed by atoms with Gasteiger partial charge in [0.1, 0.15) is 11.7 Å². The molecule has 6 nitrogen and oxygen atoms in total.